The Morgan fingerprint density at radius 1 is 0.844 bits per heavy atom. The summed E-state index contributed by atoms with van der Waals surface area (Å²) in [6, 6.07) is 34.4. The van der Waals surface area contributed by atoms with Gasteiger partial charge in [-0.1, -0.05) is 103 Å². The Labute approximate surface area is 186 Å². The van der Waals surface area contributed by atoms with Crippen molar-refractivity contribution in [1.29, 1.82) is 5.26 Å². The van der Waals surface area contributed by atoms with Gasteiger partial charge in [0, 0.05) is 11.1 Å². The summed E-state index contributed by atoms with van der Waals surface area (Å²) in [7, 11) is 0. The topological polar surface area (TPSA) is 76.1 Å². The quantitative estimate of drug-likeness (QED) is 0.450. The first-order chi connectivity index (χ1) is 15.7. The lowest BCUT2D eigenvalue weighted by molar-refractivity contribution is 0.0137. The molecule has 2 N–H and O–H groups in total. The fourth-order valence-electron chi connectivity index (χ4n) is 4.65. The van der Waals surface area contributed by atoms with E-state index < -0.39 is 11.5 Å². The van der Waals surface area contributed by atoms with E-state index in [1.54, 1.807) is 12.1 Å². The van der Waals surface area contributed by atoms with Crippen LogP contribution in [0.1, 0.15) is 27.4 Å². The number of nitriles is 1. The van der Waals surface area contributed by atoms with Gasteiger partial charge in [0.05, 0.1) is 5.92 Å². The fourth-order valence-corrected chi connectivity index (χ4v) is 4.65. The third-order valence-corrected chi connectivity index (χ3v) is 6.06. The van der Waals surface area contributed by atoms with Gasteiger partial charge in [0.15, 0.2) is 0 Å². The predicted octanol–water partition coefficient (Wildman–Crippen LogP) is 5.43. The van der Waals surface area contributed by atoms with E-state index >= 15 is 0 Å². The first-order valence-corrected chi connectivity index (χ1v) is 10.4. The summed E-state index contributed by atoms with van der Waals surface area (Å²) < 4.78 is 6.26. The van der Waals surface area contributed by atoms with Crippen LogP contribution in [0.2, 0.25) is 0 Å². The first-order valence-electron chi connectivity index (χ1n) is 10.4. The van der Waals surface area contributed by atoms with Gasteiger partial charge in [-0.15, -0.1) is 0 Å². The summed E-state index contributed by atoms with van der Waals surface area (Å²) in [6.45, 7) is 0. The van der Waals surface area contributed by atoms with Crippen LogP contribution in [0.5, 0.6) is 0 Å². The van der Waals surface area contributed by atoms with Crippen LogP contribution in [-0.4, -0.2) is 5.78 Å². The normalized spacial score (nSPS) is 20.0. The largest absolute Gasteiger partial charge is 0.458 e. The number of fused-ring (bicyclic) bond motifs is 1. The first kappa shape index (κ1) is 19.6. The monoisotopic (exact) mass is 416 g/mol. The van der Waals surface area contributed by atoms with Gasteiger partial charge in [0.25, 0.3) is 0 Å². The average molecular weight is 416 g/mol. The molecule has 0 amide bonds. The number of nitrogens with two attached hydrogens (primary N) is 1. The van der Waals surface area contributed by atoms with Gasteiger partial charge >= 0.3 is 0 Å². The third kappa shape index (κ3) is 2.87. The molecule has 0 bridgehead atoms. The summed E-state index contributed by atoms with van der Waals surface area (Å²) in [6.07, 6.45) is 0. The Morgan fingerprint density at radius 2 is 1.47 bits per heavy atom. The van der Waals surface area contributed by atoms with E-state index in [0.29, 0.717) is 11.1 Å². The van der Waals surface area contributed by atoms with E-state index in [4.69, 9.17) is 10.5 Å². The zero-order chi connectivity index (χ0) is 22.1. The molecule has 154 valence electrons. The van der Waals surface area contributed by atoms with Crippen LogP contribution in [0.3, 0.4) is 0 Å². The SMILES string of the molecule is N#CC1=C(N)O[C@@](C(=O)c2ccccc2)(c2ccccc2)[C@@H]1c1cccc2ccccc12. The van der Waals surface area contributed by atoms with E-state index in [1.165, 1.54) is 0 Å². The number of Topliss-reactive ketones (excluding diaryl/α,β-unsaturated/α-hetero) is 1. The minimum absolute atomic E-state index is 0.0152. The molecule has 0 radical (unpaired) electrons. The molecule has 32 heavy (non-hydrogen) atoms. The van der Waals surface area contributed by atoms with Gasteiger partial charge in [0.1, 0.15) is 11.6 Å². The predicted molar refractivity (Wildman–Crippen MR) is 123 cm³/mol. The molecule has 0 saturated heterocycles. The van der Waals surface area contributed by atoms with Crippen LogP contribution in [0.4, 0.5) is 0 Å². The van der Waals surface area contributed by atoms with Gasteiger partial charge in [-0.25, -0.2) is 0 Å². The van der Waals surface area contributed by atoms with E-state index in [1.807, 2.05) is 91.0 Å². The fraction of sp³-hybridized carbons (Fsp3) is 0.0714. The number of hydrogen-bond acceptors (Lipinski definition) is 4. The van der Waals surface area contributed by atoms with Crippen LogP contribution >= 0.6 is 0 Å². The standard InChI is InChI=1S/C28H20N2O2/c29-18-24-25(23-17-9-13-19-10-7-8-16-22(19)23)28(32-27(24)30,21-14-5-2-6-15-21)26(31)20-11-3-1-4-12-20/h1-17,25H,30H2/t25-,28+/m1/s1. The second kappa shape index (κ2) is 7.72. The summed E-state index contributed by atoms with van der Waals surface area (Å²) in [5.41, 5.74) is 7.01. The Balaban J connectivity index is 1.85. The van der Waals surface area contributed by atoms with Crippen LogP contribution in [0, 0.1) is 11.3 Å². The van der Waals surface area contributed by atoms with Gasteiger partial charge < -0.3 is 10.5 Å². The zero-order valence-electron chi connectivity index (χ0n) is 17.2. The van der Waals surface area contributed by atoms with Gasteiger partial charge in [-0.3, -0.25) is 4.79 Å². The van der Waals surface area contributed by atoms with Crippen molar-refractivity contribution in [3.8, 4) is 6.07 Å². The van der Waals surface area contributed by atoms with Crippen molar-refractivity contribution in [1.82, 2.24) is 0 Å². The lowest BCUT2D eigenvalue weighted by Crippen LogP contribution is -2.42. The van der Waals surface area contributed by atoms with Crippen molar-refractivity contribution >= 4 is 16.6 Å². The van der Waals surface area contributed by atoms with Crippen LogP contribution in [0.25, 0.3) is 10.8 Å². The molecule has 0 aromatic heterocycles. The maximum absolute atomic E-state index is 14.2. The molecule has 2 atom stereocenters. The Kier molecular flexibility index (Phi) is 4.73. The Bertz CT molecular complexity index is 1380. The van der Waals surface area contributed by atoms with E-state index in [9.17, 15) is 10.1 Å². The van der Waals surface area contributed by atoms with Crippen LogP contribution in [0.15, 0.2) is 115 Å². The Hall–Kier alpha value is -4.36. The summed E-state index contributed by atoms with van der Waals surface area (Å²) >= 11 is 0. The number of ether oxygens (including phenoxy) is 1. The molecule has 1 aliphatic heterocycles. The number of ketones is 1. The molecule has 1 heterocycles. The molecule has 5 rings (SSSR count). The maximum atomic E-state index is 14.2. The molecular formula is C28H20N2O2. The molecule has 0 saturated carbocycles. The van der Waals surface area contributed by atoms with Crippen molar-refractivity contribution in [2.45, 2.75) is 11.5 Å². The molecule has 0 fully saturated rings. The zero-order valence-corrected chi connectivity index (χ0v) is 17.2. The Morgan fingerprint density at radius 3 is 2.19 bits per heavy atom. The van der Waals surface area contributed by atoms with Gasteiger partial charge in [-0.05, 0) is 16.3 Å². The molecule has 1 aliphatic rings. The van der Waals surface area contributed by atoms with Crippen LogP contribution in [-0.2, 0) is 10.3 Å². The van der Waals surface area contributed by atoms with Crippen molar-refractivity contribution in [3.05, 3.63) is 131 Å². The smallest absolute Gasteiger partial charge is 0.212 e. The number of hydrogen-bond donors (Lipinski definition) is 1. The van der Waals surface area contributed by atoms with Crippen molar-refractivity contribution in [2.75, 3.05) is 0 Å². The molecule has 4 aromatic carbocycles. The average Bonchev–Trinajstić information content (AvgIpc) is 3.17. The highest BCUT2D eigenvalue weighted by atomic mass is 16.5. The maximum Gasteiger partial charge on any atom is 0.212 e. The molecule has 0 aliphatic carbocycles. The van der Waals surface area contributed by atoms with E-state index in [2.05, 4.69) is 6.07 Å². The number of nitrogens with zero attached hydrogens (tertiary/aromatic N) is 1. The molecule has 4 heteroatoms. The minimum Gasteiger partial charge on any atom is -0.458 e. The van der Waals surface area contributed by atoms with Crippen molar-refractivity contribution in [2.24, 2.45) is 5.73 Å². The number of carbonyl (C=O) groups is 1. The van der Waals surface area contributed by atoms with Crippen molar-refractivity contribution < 1.29 is 9.53 Å². The molecule has 4 nitrogen and oxygen atoms in total. The highest BCUT2D eigenvalue weighted by Gasteiger charge is 2.57. The lowest BCUT2D eigenvalue weighted by Gasteiger charge is -2.35. The summed E-state index contributed by atoms with van der Waals surface area (Å²) in [5, 5.41) is 12.1. The minimum atomic E-state index is -1.50. The van der Waals surface area contributed by atoms with E-state index in [-0.39, 0.29) is 17.2 Å². The summed E-state index contributed by atoms with van der Waals surface area (Å²) in [4.78, 5) is 14.2. The van der Waals surface area contributed by atoms with Gasteiger partial charge in [0.2, 0.25) is 17.3 Å². The van der Waals surface area contributed by atoms with Crippen LogP contribution < -0.4 is 5.73 Å². The number of benzene rings is 4. The molecular weight excluding hydrogens is 396 g/mol. The lowest BCUT2D eigenvalue weighted by atomic mass is 9.70. The third-order valence-electron chi connectivity index (χ3n) is 6.06. The highest BCUT2D eigenvalue weighted by molar-refractivity contribution is 6.05. The number of rotatable bonds is 4. The van der Waals surface area contributed by atoms with Crippen molar-refractivity contribution in [3.63, 3.8) is 0 Å². The second-order valence-electron chi connectivity index (χ2n) is 7.79. The second-order valence-corrected chi connectivity index (χ2v) is 7.79. The summed E-state index contributed by atoms with van der Waals surface area (Å²) in [5.74, 6) is -0.956. The number of carbonyl (C=O) groups excluding carboxylic acids is 1. The van der Waals surface area contributed by atoms with Gasteiger partial charge in [-0.2, -0.15) is 5.26 Å². The highest BCUT2D eigenvalue weighted by Crippen LogP contribution is 2.53. The molecule has 0 unspecified atom stereocenters. The van der Waals surface area contributed by atoms with E-state index in [0.717, 1.165) is 16.3 Å². The molecule has 4 aromatic rings. The molecule has 0 spiro atoms.